The molecule has 7 heteroatoms. The van der Waals surface area contributed by atoms with Crippen LogP contribution in [0.2, 0.25) is 0 Å². The van der Waals surface area contributed by atoms with E-state index in [0.717, 1.165) is 42.8 Å². The van der Waals surface area contributed by atoms with Crippen molar-refractivity contribution in [2.45, 2.75) is 45.2 Å². The monoisotopic (exact) mass is 342 g/mol. The van der Waals surface area contributed by atoms with Gasteiger partial charge in [0, 0.05) is 19.0 Å². The molecule has 1 saturated carbocycles. The summed E-state index contributed by atoms with van der Waals surface area (Å²) in [6.07, 6.45) is 4.99. The molecule has 1 fully saturated rings. The average molecular weight is 342 g/mol. The number of benzene rings is 1. The van der Waals surface area contributed by atoms with Crippen molar-refractivity contribution in [2.75, 3.05) is 5.32 Å². The number of carboxylic acids is 1. The van der Waals surface area contributed by atoms with E-state index in [0.29, 0.717) is 12.5 Å². The number of rotatable bonds is 7. The van der Waals surface area contributed by atoms with Crippen molar-refractivity contribution in [3.05, 3.63) is 47.3 Å². The minimum Gasteiger partial charge on any atom is -0.478 e. The zero-order chi connectivity index (χ0) is 17.8. The number of urea groups is 1. The molecule has 25 heavy (non-hydrogen) atoms. The second-order valence-electron chi connectivity index (χ2n) is 6.25. The fourth-order valence-electron chi connectivity index (χ4n) is 2.78. The van der Waals surface area contributed by atoms with E-state index in [2.05, 4.69) is 22.7 Å². The topological polar surface area (TPSA) is 96.3 Å². The highest BCUT2D eigenvalue weighted by Crippen LogP contribution is 2.43. The molecule has 3 rings (SSSR count). The number of nitrogens with zero attached hydrogens (tertiary/aromatic N) is 2. The van der Waals surface area contributed by atoms with Crippen LogP contribution >= 0.6 is 0 Å². The maximum absolute atomic E-state index is 12.2. The third-order valence-electron chi connectivity index (χ3n) is 4.18. The molecule has 2 aromatic rings. The summed E-state index contributed by atoms with van der Waals surface area (Å²) < 4.78 is 1.98. The van der Waals surface area contributed by atoms with Gasteiger partial charge < -0.3 is 15.7 Å². The molecule has 7 nitrogen and oxygen atoms in total. The Balaban J connectivity index is 1.58. The fourth-order valence-corrected chi connectivity index (χ4v) is 2.78. The number of hydrogen-bond acceptors (Lipinski definition) is 3. The van der Waals surface area contributed by atoms with Crippen LogP contribution in [0.25, 0.3) is 0 Å². The minimum atomic E-state index is -0.964. The molecular formula is C18H22N4O3. The molecule has 1 aromatic heterocycles. The first kappa shape index (κ1) is 17.0. The van der Waals surface area contributed by atoms with Gasteiger partial charge >= 0.3 is 12.0 Å². The van der Waals surface area contributed by atoms with Gasteiger partial charge in [-0.3, -0.25) is 4.68 Å². The maximum Gasteiger partial charge on any atom is 0.335 e. The summed E-state index contributed by atoms with van der Waals surface area (Å²) >= 11 is 0. The first-order valence-electron chi connectivity index (χ1n) is 8.51. The summed E-state index contributed by atoms with van der Waals surface area (Å²) in [4.78, 5) is 23.0. The number of hydrogen-bond donors (Lipinski definition) is 3. The highest BCUT2D eigenvalue weighted by molar-refractivity contribution is 5.90. The van der Waals surface area contributed by atoms with Gasteiger partial charge in [-0.25, -0.2) is 9.59 Å². The predicted molar refractivity (Wildman–Crippen MR) is 93.8 cm³/mol. The summed E-state index contributed by atoms with van der Waals surface area (Å²) in [6, 6.07) is 6.14. The lowest BCUT2D eigenvalue weighted by molar-refractivity contribution is 0.0697. The average Bonchev–Trinajstić information content (AvgIpc) is 3.36. The van der Waals surface area contributed by atoms with Gasteiger partial charge in [-0.05, 0) is 37.0 Å². The van der Waals surface area contributed by atoms with Gasteiger partial charge in [-0.1, -0.05) is 19.1 Å². The third kappa shape index (κ3) is 4.17. The molecule has 3 N–H and O–H groups in total. The summed E-state index contributed by atoms with van der Waals surface area (Å²) in [6.45, 7) is 3.28. The van der Waals surface area contributed by atoms with Gasteiger partial charge in [0.1, 0.15) is 0 Å². The SMILES string of the molecule is CCCn1ncc(NC(=O)NCc2ccc(C(=O)O)cc2)c1C1CC1. The highest BCUT2D eigenvalue weighted by Gasteiger charge is 2.30. The van der Waals surface area contributed by atoms with E-state index in [1.165, 1.54) is 12.1 Å². The van der Waals surface area contributed by atoms with Gasteiger partial charge in [-0.2, -0.15) is 5.10 Å². The maximum atomic E-state index is 12.2. The van der Waals surface area contributed by atoms with E-state index in [1.807, 2.05) is 4.68 Å². The summed E-state index contributed by atoms with van der Waals surface area (Å²) in [5, 5.41) is 18.9. The Morgan fingerprint density at radius 3 is 2.60 bits per heavy atom. The molecule has 132 valence electrons. The minimum absolute atomic E-state index is 0.227. The van der Waals surface area contributed by atoms with Gasteiger partial charge in [0.15, 0.2) is 0 Å². The summed E-state index contributed by atoms with van der Waals surface area (Å²) in [7, 11) is 0. The van der Waals surface area contributed by atoms with Crippen LogP contribution in [0.3, 0.4) is 0 Å². The molecule has 0 atom stereocenters. The molecule has 1 aliphatic carbocycles. The van der Waals surface area contributed by atoms with Crippen molar-refractivity contribution in [2.24, 2.45) is 0 Å². The second kappa shape index (κ2) is 7.38. The van der Waals surface area contributed by atoms with E-state index < -0.39 is 5.97 Å². The molecule has 1 aromatic carbocycles. The van der Waals surface area contributed by atoms with Crippen LogP contribution in [-0.4, -0.2) is 26.9 Å². The summed E-state index contributed by atoms with van der Waals surface area (Å²) in [5.41, 5.74) is 2.95. The van der Waals surface area contributed by atoms with Crippen molar-refractivity contribution in [3.8, 4) is 0 Å². The zero-order valence-corrected chi connectivity index (χ0v) is 14.2. The molecule has 0 aliphatic heterocycles. The van der Waals surface area contributed by atoms with Gasteiger partial charge in [-0.15, -0.1) is 0 Å². The Morgan fingerprint density at radius 1 is 1.28 bits per heavy atom. The molecular weight excluding hydrogens is 320 g/mol. The van der Waals surface area contributed by atoms with E-state index in [9.17, 15) is 9.59 Å². The smallest absolute Gasteiger partial charge is 0.335 e. The molecule has 0 spiro atoms. The van der Waals surface area contributed by atoms with E-state index >= 15 is 0 Å². The lowest BCUT2D eigenvalue weighted by atomic mass is 10.1. The van der Waals surface area contributed by atoms with Crippen LogP contribution in [-0.2, 0) is 13.1 Å². The highest BCUT2D eigenvalue weighted by atomic mass is 16.4. The third-order valence-corrected chi connectivity index (χ3v) is 4.18. The molecule has 0 unspecified atom stereocenters. The van der Waals surface area contributed by atoms with Crippen molar-refractivity contribution >= 4 is 17.7 Å². The zero-order valence-electron chi connectivity index (χ0n) is 14.2. The number of carbonyl (C=O) groups is 2. The van der Waals surface area contributed by atoms with Gasteiger partial charge in [0.25, 0.3) is 0 Å². The number of aromatic carboxylic acids is 1. The number of aryl methyl sites for hydroxylation is 1. The Hall–Kier alpha value is -2.83. The Morgan fingerprint density at radius 2 is 2.00 bits per heavy atom. The van der Waals surface area contributed by atoms with Crippen molar-refractivity contribution in [3.63, 3.8) is 0 Å². The lowest BCUT2D eigenvalue weighted by Gasteiger charge is -2.10. The molecule has 0 saturated heterocycles. The lowest BCUT2D eigenvalue weighted by Crippen LogP contribution is -2.28. The molecule has 1 heterocycles. The van der Waals surface area contributed by atoms with Crippen molar-refractivity contribution in [1.29, 1.82) is 0 Å². The largest absolute Gasteiger partial charge is 0.478 e. The molecule has 0 bridgehead atoms. The molecule has 1 aliphatic rings. The number of aromatic nitrogens is 2. The van der Waals surface area contributed by atoms with E-state index in [-0.39, 0.29) is 11.6 Å². The van der Waals surface area contributed by atoms with Crippen molar-refractivity contribution in [1.82, 2.24) is 15.1 Å². The first-order chi connectivity index (χ1) is 12.1. The number of carboxylic acid groups (broad SMARTS) is 1. The molecule has 2 amide bonds. The second-order valence-corrected chi connectivity index (χ2v) is 6.25. The van der Waals surface area contributed by atoms with Crippen LogP contribution < -0.4 is 10.6 Å². The van der Waals surface area contributed by atoms with E-state index in [1.54, 1.807) is 18.3 Å². The van der Waals surface area contributed by atoms with Gasteiger partial charge in [0.2, 0.25) is 0 Å². The van der Waals surface area contributed by atoms with Crippen molar-refractivity contribution < 1.29 is 14.7 Å². The van der Waals surface area contributed by atoms with Gasteiger partial charge in [0.05, 0.1) is 23.1 Å². The Kier molecular flexibility index (Phi) is 5.02. The van der Waals surface area contributed by atoms with Crippen LogP contribution in [0.15, 0.2) is 30.5 Å². The number of anilines is 1. The summed E-state index contributed by atoms with van der Waals surface area (Å²) in [5.74, 6) is -0.470. The Bertz CT molecular complexity index is 763. The van der Waals surface area contributed by atoms with Crippen LogP contribution in [0, 0.1) is 0 Å². The number of amides is 2. The van der Waals surface area contributed by atoms with Crippen LogP contribution in [0.1, 0.15) is 53.7 Å². The fraction of sp³-hybridized carbons (Fsp3) is 0.389. The number of carbonyl (C=O) groups excluding carboxylic acids is 1. The Labute approximate surface area is 146 Å². The number of nitrogens with one attached hydrogen (secondary N) is 2. The standard InChI is InChI=1S/C18H22N4O3/c1-2-9-22-16(13-7-8-13)15(11-20-22)21-18(25)19-10-12-3-5-14(6-4-12)17(23)24/h3-6,11,13H,2,7-10H2,1H3,(H,23,24)(H2,19,21,25). The predicted octanol–water partition coefficient (Wildman–Crippen LogP) is 3.19. The first-order valence-corrected chi connectivity index (χ1v) is 8.51. The van der Waals surface area contributed by atoms with E-state index in [4.69, 9.17) is 5.11 Å². The van der Waals surface area contributed by atoms with Crippen LogP contribution in [0.5, 0.6) is 0 Å². The molecule has 0 radical (unpaired) electrons. The van der Waals surface area contributed by atoms with Crippen LogP contribution in [0.4, 0.5) is 10.5 Å². The normalized spacial score (nSPS) is 13.5. The quantitative estimate of drug-likeness (QED) is 0.720.